The fourth-order valence-electron chi connectivity index (χ4n) is 3.51. The van der Waals surface area contributed by atoms with Gasteiger partial charge in [-0.25, -0.2) is 9.37 Å². The van der Waals surface area contributed by atoms with E-state index in [1.807, 2.05) is 4.57 Å². The molecule has 1 aliphatic rings. The zero-order chi connectivity index (χ0) is 15.0. The van der Waals surface area contributed by atoms with E-state index in [4.69, 9.17) is 5.73 Å². The van der Waals surface area contributed by atoms with E-state index < -0.39 is 0 Å². The van der Waals surface area contributed by atoms with E-state index in [9.17, 15) is 4.39 Å². The third-order valence-electron chi connectivity index (χ3n) is 4.63. The lowest BCUT2D eigenvalue weighted by Gasteiger charge is -2.26. The molecule has 21 heavy (non-hydrogen) atoms. The number of nitrogens with two attached hydrogens (primary N) is 1. The smallest absolute Gasteiger partial charge is 0.201 e. The summed E-state index contributed by atoms with van der Waals surface area (Å²) in [6.45, 7) is 3.20. The minimum atomic E-state index is -0.298. The van der Waals surface area contributed by atoms with Crippen LogP contribution in [0.1, 0.15) is 39.0 Å². The minimum absolute atomic E-state index is 0.298. The van der Waals surface area contributed by atoms with Gasteiger partial charge < -0.3 is 10.3 Å². The third-order valence-corrected chi connectivity index (χ3v) is 5.23. The first kappa shape index (κ1) is 14.8. The van der Waals surface area contributed by atoms with Gasteiger partial charge in [0, 0.05) is 12.6 Å². The second-order valence-corrected chi connectivity index (χ2v) is 7.16. The van der Waals surface area contributed by atoms with Crippen LogP contribution < -0.4 is 5.73 Å². The topological polar surface area (TPSA) is 43.8 Å². The van der Waals surface area contributed by atoms with Crippen molar-refractivity contribution in [1.29, 1.82) is 0 Å². The van der Waals surface area contributed by atoms with Crippen LogP contribution in [0.15, 0.2) is 16.6 Å². The summed E-state index contributed by atoms with van der Waals surface area (Å²) in [5.74, 6) is 1.79. The number of aromatic nitrogens is 2. The number of imidazole rings is 1. The van der Waals surface area contributed by atoms with Gasteiger partial charge in [0.05, 0.1) is 15.5 Å². The predicted octanol–water partition coefficient (Wildman–Crippen LogP) is 4.74. The van der Waals surface area contributed by atoms with Crippen molar-refractivity contribution in [2.24, 2.45) is 11.8 Å². The Morgan fingerprint density at radius 3 is 3.00 bits per heavy atom. The van der Waals surface area contributed by atoms with Crippen LogP contribution in [-0.2, 0) is 6.54 Å². The van der Waals surface area contributed by atoms with E-state index in [-0.39, 0.29) is 5.82 Å². The summed E-state index contributed by atoms with van der Waals surface area (Å²) >= 11 is 3.24. The molecule has 0 spiro atoms. The summed E-state index contributed by atoms with van der Waals surface area (Å²) < 4.78 is 16.0. The van der Waals surface area contributed by atoms with E-state index in [1.54, 1.807) is 6.07 Å². The van der Waals surface area contributed by atoms with Gasteiger partial charge in [-0.15, -0.1) is 0 Å². The lowest BCUT2D eigenvalue weighted by Crippen LogP contribution is -2.16. The number of hydrogen-bond donors (Lipinski definition) is 1. The Morgan fingerprint density at radius 2 is 2.24 bits per heavy atom. The maximum atomic E-state index is 13.6. The van der Waals surface area contributed by atoms with Crippen LogP contribution in [0.2, 0.25) is 0 Å². The first-order valence-corrected chi connectivity index (χ1v) is 8.44. The number of rotatable bonds is 3. The molecule has 3 rings (SSSR count). The van der Waals surface area contributed by atoms with E-state index in [2.05, 4.69) is 27.8 Å². The molecule has 0 bridgehead atoms. The van der Waals surface area contributed by atoms with Crippen LogP contribution in [-0.4, -0.2) is 9.55 Å². The molecule has 0 aliphatic heterocycles. The molecule has 1 aliphatic carbocycles. The van der Waals surface area contributed by atoms with Gasteiger partial charge in [-0.05, 0) is 46.7 Å². The van der Waals surface area contributed by atoms with Gasteiger partial charge in [0.1, 0.15) is 5.82 Å². The van der Waals surface area contributed by atoms with Crippen LogP contribution in [0.25, 0.3) is 11.0 Å². The predicted molar refractivity (Wildman–Crippen MR) is 87.5 cm³/mol. The summed E-state index contributed by atoms with van der Waals surface area (Å²) in [7, 11) is 0. The maximum absolute atomic E-state index is 13.6. The highest BCUT2D eigenvalue weighted by Crippen LogP contribution is 2.32. The summed E-state index contributed by atoms with van der Waals surface area (Å²) in [4.78, 5) is 4.27. The molecule has 114 valence electrons. The number of nitrogens with zero attached hydrogens (tertiary/aromatic N) is 2. The molecule has 0 radical (unpaired) electrons. The average Bonchev–Trinajstić information content (AvgIpc) is 2.72. The molecule has 2 N–H and O–H groups in total. The molecular weight excluding hydrogens is 333 g/mol. The van der Waals surface area contributed by atoms with Crippen molar-refractivity contribution in [2.75, 3.05) is 5.73 Å². The number of fused-ring (bicyclic) bond motifs is 1. The molecule has 1 aromatic carbocycles. The summed E-state index contributed by atoms with van der Waals surface area (Å²) in [6.07, 6.45) is 6.44. The van der Waals surface area contributed by atoms with Gasteiger partial charge in [-0.1, -0.05) is 26.2 Å². The highest BCUT2D eigenvalue weighted by atomic mass is 79.9. The summed E-state index contributed by atoms with van der Waals surface area (Å²) in [6, 6.07) is 3.21. The SMILES string of the molecule is CC1CCCC(CCn2c(N)nc3cc(F)c(Br)cc32)C1. The fraction of sp³-hybridized carbons (Fsp3) is 0.562. The van der Waals surface area contributed by atoms with Gasteiger partial charge in [0.15, 0.2) is 0 Å². The molecule has 0 saturated heterocycles. The van der Waals surface area contributed by atoms with Crippen LogP contribution in [0.4, 0.5) is 10.3 Å². The Bertz CT molecular complexity index is 652. The highest BCUT2D eigenvalue weighted by Gasteiger charge is 2.19. The number of hydrogen-bond acceptors (Lipinski definition) is 2. The minimum Gasteiger partial charge on any atom is -0.369 e. The van der Waals surface area contributed by atoms with E-state index in [1.165, 1.54) is 31.7 Å². The summed E-state index contributed by atoms with van der Waals surface area (Å²) in [5, 5.41) is 0. The molecule has 2 unspecified atom stereocenters. The Morgan fingerprint density at radius 1 is 1.43 bits per heavy atom. The van der Waals surface area contributed by atoms with E-state index in [0.717, 1.165) is 30.3 Å². The van der Waals surface area contributed by atoms with Crippen molar-refractivity contribution in [1.82, 2.24) is 9.55 Å². The maximum Gasteiger partial charge on any atom is 0.201 e. The van der Waals surface area contributed by atoms with Crippen molar-refractivity contribution in [2.45, 2.75) is 45.6 Å². The molecule has 1 heterocycles. The van der Waals surface area contributed by atoms with Crippen molar-refractivity contribution < 1.29 is 4.39 Å². The number of nitrogen functional groups attached to an aromatic ring is 1. The largest absolute Gasteiger partial charge is 0.369 e. The molecule has 0 amide bonds. The van der Waals surface area contributed by atoms with Crippen molar-refractivity contribution >= 4 is 32.9 Å². The second-order valence-electron chi connectivity index (χ2n) is 6.30. The molecular formula is C16H21BrFN3. The quantitative estimate of drug-likeness (QED) is 0.866. The van der Waals surface area contributed by atoms with Gasteiger partial charge in [0.2, 0.25) is 5.95 Å². The van der Waals surface area contributed by atoms with Crippen LogP contribution in [0.3, 0.4) is 0 Å². The van der Waals surface area contributed by atoms with Gasteiger partial charge in [-0.2, -0.15) is 0 Å². The molecule has 3 nitrogen and oxygen atoms in total. The third kappa shape index (κ3) is 3.07. The Balaban J connectivity index is 1.80. The van der Waals surface area contributed by atoms with Gasteiger partial charge in [0.25, 0.3) is 0 Å². The lowest BCUT2D eigenvalue weighted by atomic mass is 9.81. The van der Waals surface area contributed by atoms with Crippen molar-refractivity contribution in [3.05, 3.63) is 22.4 Å². The summed E-state index contributed by atoms with van der Waals surface area (Å²) in [5.41, 5.74) is 7.55. The molecule has 2 aromatic rings. The fourth-order valence-corrected chi connectivity index (χ4v) is 3.84. The van der Waals surface area contributed by atoms with Crippen LogP contribution in [0, 0.1) is 17.7 Å². The van der Waals surface area contributed by atoms with E-state index in [0.29, 0.717) is 15.9 Å². The second kappa shape index (κ2) is 5.95. The standard InChI is InChI=1S/C16H21BrFN3/c1-10-3-2-4-11(7-10)5-6-21-15-8-12(17)13(18)9-14(15)20-16(21)19/h8-11H,2-7H2,1H3,(H2,19,20). The lowest BCUT2D eigenvalue weighted by molar-refractivity contribution is 0.262. The number of benzene rings is 1. The zero-order valence-electron chi connectivity index (χ0n) is 12.3. The van der Waals surface area contributed by atoms with Crippen molar-refractivity contribution in [3.8, 4) is 0 Å². The van der Waals surface area contributed by atoms with Crippen LogP contribution in [0.5, 0.6) is 0 Å². The highest BCUT2D eigenvalue weighted by molar-refractivity contribution is 9.10. The Hall–Kier alpha value is -1.10. The van der Waals surface area contributed by atoms with E-state index >= 15 is 0 Å². The Kier molecular flexibility index (Phi) is 4.20. The van der Waals surface area contributed by atoms with Gasteiger partial charge in [-0.3, -0.25) is 0 Å². The molecule has 2 atom stereocenters. The number of aryl methyl sites for hydroxylation is 1. The normalized spacial score (nSPS) is 22.8. The first-order valence-electron chi connectivity index (χ1n) is 7.65. The molecule has 5 heteroatoms. The first-order chi connectivity index (χ1) is 10.0. The monoisotopic (exact) mass is 353 g/mol. The zero-order valence-corrected chi connectivity index (χ0v) is 13.9. The molecule has 1 aromatic heterocycles. The van der Waals surface area contributed by atoms with Crippen LogP contribution >= 0.6 is 15.9 Å². The molecule has 1 fully saturated rings. The average molecular weight is 354 g/mol. The number of anilines is 1. The van der Waals surface area contributed by atoms with Gasteiger partial charge >= 0.3 is 0 Å². The molecule has 1 saturated carbocycles. The Labute approximate surface area is 132 Å². The van der Waals surface area contributed by atoms with Crippen molar-refractivity contribution in [3.63, 3.8) is 0 Å². The number of halogens is 2.